The number of rotatable bonds is 2. The van der Waals surface area contributed by atoms with Gasteiger partial charge in [-0.25, -0.2) is 0 Å². The molecule has 0 radical (unpaired) electrons. The van der Waals surface area contributed by atoms with Gasteiger partial charge in [-0.1, -0.05) is 49.4 Å². The molecule has 2 aliphatic rings. The van der Waals surface area contributed by atoms with Crippen molar-refractivity contribution in [2.45, 2.75) is 63.7 Å². The first kappa shape index (κ1) is 14.9. The third kappa shape index (κ3) is 3.09. The molecule has 0 spiro atoms. The molecular formula is C17H23ClN2O. The third-order valence-corrected chi connectivity index (χ3v) is 4.93. The van der Waals surface area contributed by atoms with Crippen molar-refractivity contribution in [1.29, 1.82) is 0 Å². The van der Waals surface area contributed by atoms with Gasteiger partial charge in [0.05, 0.1) is 6.04 Å². The zero-order valence-corrected chi connectivity index (χ0v) is 13.3. The van der Waals surface area contributed by atoms with Crippen molar-refractivity contribution in [2.24, 2.45) is 0 Å². The molecule has 0 bridgehead atoms. The summed E-state index contributed by atoms with van der Waals surface area (Å²) >= 11 is 6.12. The van der Waals surface area contributed by atoms with Crippen LogP contribution in [0.2, 0.25) is 5.02 Å². The zero-order valence-electron chi connectivity index (χ0n) is 12.5. The third-order valence-electron chi connectivity index (χ3n) is 4.69. The summed E-state index contributed by atoms with van der Waals surface area (Å²) in [6.45, 7) is 1.95. The van der Waals surface area contributed by atoms with E-state index >= 15 is 0 Å². The average molecular weight is 307 g/mol. The fourth-order valence-electron chi connectivity index (χ4n) is 3.60. The van der Waals surface area contributed by atoms with Crippen LogP contribution in [0.3, 0.4) is 0 Å². The number of hydrogen-bond donors (Lipinski definition) is 1. The molecule has 2 unspecified atom stereocenters. The van der Waals surface area contributed by atoms with E-state index in [1.807, 2.05) is 25.1 Å². The van der Waals surface area contributed by atoms with Gasteiger partial charge in [-0.05, 0) is 37.5 Å². The van der Waals surface area contributed by atoms with Crippen LogP contribution in [0.15, 0.2) is 24.3 Å². The van der Waals surface area contributed by atoms with Crippen LogP contribution < -0.4 is 5.32 Å². The number of benzene rings is 1. The second-order valence-electron chi connectivity index (χ2n) is 6.24. The van der Waals surface area contributed by atoms with E-state index < -0.39 is 0 Å². The first-order valence-corrected chi connectivity index (χ1v) is 8.38. The summed E-state index contributed by atoms with van der Waals surface area (Å²) in [7, 11) is 0. The Bertz CT molecular complexity index is 511. The molecule has 114 valence electrons. The summed E-state index contributed by atoms with van der Waals surface area (Å²) in [5.74, 6) is 0.229. The summed E-state index contributed by atoms with van der Waals surface area (Å²) in [4.78, 5) is 14.7. The largest absolute Gasteiger partial charge is 0.319 e. The van der Waals surface area contributed by atoms with Crippen molar-refractivity contribution in [3.8, 4) is 0 Å². The van der Waals surface area contributed by atoms with Gasteiger partial charge in [-0.3, -0.25) is 10.1 Å². The van der Waals surface area contributed by atoms with Crippen molar-refractivity contribution in [2.75, 3.05) is 0 Å². The normalized spacial score (nSPS) is 27.9. The van der Waals surface area contributed by atoms with Crippen molar-refractivity contribution < 1.29 is 4.79 Å². The molecule has 2 fully saturated rings. The van der Waals surface area contributed by atoms with Crippen LogP contribution in [-0.2, 0) is 4.79 Å². The molecule has 1 aliphatic carbocycles. The van der Waals surface area contributed by atoms with Crippen LogP contribution in [-0.4, -0.2) is 22.9 Å². The van der Waals surface area contributed by atoms with Gasteiger partial charge in [0.25, 0.3) is 0 Å². The number of nitrogens with zero attached hydrogens (tertiary/aromatic N) is 1. The number of amides is 1. The molecule has 1 saturated heterocycles. The second-order valence-corrected chi connectivity index (χ2v) is 6.67. The Morgan fingerprint density at radius 3 is 2.57 bits per heavy atom. The Morgan fingerprint density at radius 1 is 1.19 bits per heavy atom. The lowest BCUT2D eigenvalue weighted by Crippen LogP contribution is -2.39. The lowest BCUT2D eigenvalue weighted by atomic mass is 10.0. The minimum Gasteiger partial charge on any atom is -0.319 e. The van der Waals surface area contributed by atoms with Gasteiger partial charge < -0.3 is 4.90 Å². The van der Waals surface area contributed by atoms with Crippen LogP contribution in [0.25, 0.3) is 0 Å². The molecule has 1 aromatic rings. The molecule has 1 heterocycles. The highest BCUT2D eigenvalue weighted by atomic mass is 35.5. The number of halogens is 1. The molecule has 4 heteroatoms. The predicted molar refractivity (Wildman–Crippen MR) is 85.1 cm³/mol. The Kier molecular flexibility index (Phi) is 4.51. The van der Waals surface area contributed by atoms with E-state index in [-0.39, 0.29) is 18.1 Å². The van der Waals surface area contributed by atoms with E-state index in [9.17, 15) is 4.79 Å². The van der Waals surface area contributed by atoms with Gasteiger partial charge in [0.1, 0.15) is 6.17 Å². The standard InChI is InChI=1S/C17H23ClN2O/c1-12-17(21)20(15-9-4-2-3-5-10-15)16(19-12)13-7-6-8-14(18)11-13/h6-8,11-12,15-16,19H,2-5,9-10H2,1H3. The van der Waals surface area contributed by atoms with E-state index in [4.69, 9.17) is 11.6 Å². The fraction of sp³-hybridized carbons (Fsp3) is 0.588. The van der Waals surface area contributed by atoms with Crippen LogP contribution in [0.1, 0.15) is 57.2 Å². The smallest absolute Gasteiger partial charge is 0.241 e. The zero-order chi connectivity index (χ0) is 14.8. The van der Waals surface area contributed by atoms with E-state index in [2.05, 4.69) is 16.3 Å². The number of carbonyl (C=O) groups is 1. The molecule has 3 rings (SSSR count). The monoisotopic (exact) mass is 306 g/mol. The molecule has 1 N–H and O–H groups in total. The van der Waals surface area contributed by atoms with Gasteiger partial charge in [-0.15, -0.1) is 0 Å². The molecule has 1 aromatic carbocycles. The van der Waals surface area contributed by atoms with E-state index in [1.54, 1.807) is 0 Å². The Balaban J connectivity index is 1.88. The number of nitrogens with one attached hydrogen (secondary N) is 1. The van der Waals surface area contributed by atoms with Crippen molar-refractivity contribution in [3.05, 3.63) is 34.9 Å². The molecular weight excluding hydrogens is 284 g/mol. The average Bonchev–Trinajstić information content (AvgIpc) is 2.68. The number of carbonyl (C=O) groups excluding carboxylic acids is 1. The molecule has 1 saturated carbocycles. The Morgan fingerprint density at radius 2 is 1.90 bits per heavy atom. The van der Waals surface area contributed by atoms with Gasteiger partial charge in [0, 0.05) is 11.1 Å². The predicted octanol–water partition coefficient (Wildman–Crippen LogP) is 3.88. The first-order valence-electron chi connectivity index (χ1n) is 8.00. The molecule has 3 nitrogen and oxygen atoms in total. The fourth-order valence-corrected chi connectivity index (χ4v) is 3.80. The van der Waals surface area contributed by atoms with Gasteiger partial charge in [0.2, 0.25) is 5.91 Å². The summed E-state index contributed by atoms with van der Waals surface area (Å²) in [6.07, 6.45) is 7.26. The summed E-state index contributed by atoms with van der Waals surface area (Å²) < 4.78 is 0. The van der Waals surface area contributed by atoms with Gasteiger partial charge in [-0.2, -0.15) is 0 Å². The van der Waals surface area contributed by atoms with E-state index in [0.717, 1.165) is 23.4 Å². The maximum atomic E-state index is 12.6. The highest BCUT2D eigenvalue weighted by Gasteiger charge is 2.40. The van der Waals surface area contributed by atoms with E-state index in [0.29, 0.717) is 6.04 Å². The Hall–Kier alpha value is -1.06. The SMILES string of the molecule is CC1NC(c2cccc(Cl)c2)N(C2CCCCCC2)C1=O. The molecule has 21 heavy (non-hydrogen) atoms. The molecule has 2 atom stereocenters. The van der Waals surface area contributed by atoms with Crippen molar-refractivity contribution in [3.63, 3.8) is 0 Å². The minimum absolute atomic E-state index is 0.0331. The lowest BCUT2D eigenvalue weighted by Gasteiger charge is -2.32. The maximum Gasteiger partial charge on any atom is 0.241 e. The quantitative estimate of drug-likeness (QED) is 0.841. The first-order chi connectivity index (χ1) is 10.2. The highest BCUT2D eigenvalue weighted by molar-refractivity contribution is 6.30. The minimum atomic E-state index is -0.114. The maximum absolute atomic E-state index is 12.6. The number of hydrogen-bond acceptors (Lipinski definition) is 2. The highest BCUT2D eigenvalue weighted by Crippen LogP contribution is 2.33. The summed E-state index contributed by atoms with van der Waals surface area (Å²) in [6, 6.07) is 8.10. The second kappa shape index (κ2) is 6.37. The van der Waals surface area contributed by atoms with E-state index in [1.165, 1.54) is 25.7 Å². The van der Waals surface area contributed by atoms with Crippen molar-refractivity contribution in [1.82, 2.24) is 10.2 Å². The summed E-state index contributed by atoms with van der Waals surface area (Å²) in [5.41, 5.74) is 1.09. The van der Waals surface area contributed by atoms with Gasteiger partial charge >= 0.3 is 0 Å². The Labute approximate surface area is 131 Å². The van der Waals surface area contributed by atoms with Crippen LogP contribution in [0, 0.1) is 0 Å². The van der Waals surface area contributed by atoms with Crippen molar-refractivity contribution >= 4 is 17.5 Å². The van der Waals surface area contributed by atoms with Crippen LogP contribution >= 0.6 is 11.6 Å². The van der Waals surface area contributed by atoms with Crippen LogP contribution in [0.4, 0.5) is 0 Å². The molecule has 1 amide bonds. The van der Waals surface area contributed by atoms with Gasteiger partial charge in [0.15, 0.2) is 0 Å². The topological polar surface area (TPSA) is 32.3 Å². The molecule has 0 aromatic heterocycles. The lowest BCUT2D eigenvalue weighted by molar-refractivity contribution is -0.132. The van der Waals surface area contributed by atoms with Crippen LogP contribution in [0.5, 0.6) is 0 Å². The summed E-state index contributed by atoms with van der Waals surface area (Å²) in [5, 5.41) is 4.16. The molecule has 1 aliphatic heterocycles.